The number of hydrogen-bond acceptors (Lipinski definition) is 4. The highest BCUT2D eigenvalue weighted by atomic mass is 35.5. The van der Waals surface area contributed by atoms with E-state index < -0.39 is 0 Å². The summed E-state index contributed by atoms with van der Waals surface area (Å²) in [5.74, 6) is 0.271. The van der Waals surface area contributed by atoms with Crippen molar-refractivity contribution in [2.45, 2.75) is 45.8 Å². The molecular formula is C12H20ClN5O. The summed E-state index contributed by atoms with van der Waals surface area (Å²) < 4.78 is 1.92. The molecule has 0 aromatic carbocycles. The van der Waals surface area contributed by atoms with Crippen LogP contribution in [0.25, 0.3) is 0 Å². The average molecular weight is 286 g/mol. The number of nitrogens with zero attached hydrogens (tertiary/aromatic N) is 4. The first kappa shape index (κ1) is 14.1. The van der Waals surface area contributed by atoms with Crippen molar-refractivity contribution in [3.05, 3.63) is 16.4 Å². The van der Waals surface area contributed by atoms with E-state index in [0.717, 1.165) is 37.3 Å². The van der Waals surface area contributed by atoms with E-state index in [1.165, 1.54) is 0 Å². The van der Waals surface area contributed by atoms with Crippen LogP contribution in [0, 0.1) is 6.92 Å². The Kier molecular flexibility index (Phi) is 4.31. The minimum absolute atomic E-state index is 0.0124. The van der Waals surface area contributed by atoms with E-state index in [1.807, 2.05) is 18.5 Å². The van der Waals surface area contributed by atoms with Gasteiger partial charge in [-0.15, -0.1) is 0 Å². The van der Waals surface area contributed by atoms with Crippen LogP contribution >= 0.6 is 11.6 Å². The van der Waals surface area contributed by atoms with Gasteiger partial charge in [-0.2, -0.15) is 5.10 Å². The summed E-state index contributed by atoms with van der Waals surface area (Å²) in [5.41, 5.74) is 7.58. The Labute approximate surface area is 117 Å². The van der Waals surface area contributed by atoms with Gasteiger partial charge in [0, 0.05) is 13.1 Å². The molecule has 19 heavy (non-hydrogen) atoms. The second kappa shape index (κ2) is 5.79. The van der Waals surface area contributed by atoms with Crippen LogP contribution in [0.15, 0.2) is 5.16 Å². The van der Waals surface area contributed by atoms with Gasteiger partial charge in [0.25, 0.3) is 0 Å². The first-order valence-electron chi connectivity index (χ1n) is 6.51. The number of nitrogens with two attached hydrogens (primary N) is 1. The zero-order valence-electron chi connectivity index (χ0n) is 11.3. The first-order valence-corrected chi connectivity index (χ1v) is 6.89. The second-order valence-electron chi connectivity index (χ2n) is 4.82. The Morgan fingerprint density at radius 1 is 1.63 bits per heavy atom. The predicted octanol–water partition coefficient (Wildman–Crippen LogP) is 1.58. The lowest BCUT2D eigenvalue weighted by molar-refractivity contribution is 0.268. The third-order valence-electron chi connectivity index (χ3n) is 3.63. The number of likely N-dealkylation sites (tertiary alicyclic amines) is 1. The van der Waals surface area contributed by atoms with E-state index >= 15 is 0 Å². The van der Waals surface area contributed by atoms with Crippen LogP contribution in [-0.4, -0.2) is 38.3 Å². The largest absolute Gasteiger partial charge is 0.409 e. The Bertz CT molecular complexity index is 485. The Hall–Kier alpha value is -1.27. The van der Waals surface area contributed by atoms with Gasteiger partial charge in [-0.3, -0.25) is 9.58 Å². The molecule has 106 valence electrons. The van der Waals surface area contributed by atoms with Crippen LogP contribution in [0.5, 0.6) is 0 Å². The minimum Gasteiger partial charge on any atom is -0.409 e. The normalized spacial score (nSPS) is 21.2. The minimum atomic E-state index is -0.0124. The van der Waals surface area contributed by atoms with Crippen molar-refractivity contribution < 1.29 is 5.21 Å². The molecule has 1 aromatic heterocycles. The van der Waals surface area contributed by atoms with Gasteiger partial charge < -0.3 is 10.9 Å². The van der Waals surface area contributed by atoms with Crippen LogP contribution in [-0.2, 0) is 13.1 Å². The van der Waals surface area contributed by atoms with E-state index in [2.05, 4.69) is 15.2 Å². The molecule has 1 aromatic rings. The number of rotatable bonds is 4. The summed E-state index contributed by atoms with van der Waals surface area (Å²) in [6, 6.07) is -0.0124. The number of oxime groups is 1. The fourth-order valence-corrected chi connectivity index (χ4v) is 2.82. The fourth-order valence-electron chi connectivity index (χ4n) is 2.63. The maximum atomic E-state index is 8.83. The maximum Gasteiger partial charge on any atom is 0.156 e. The van der Waals surface area contributed by atoms with Crippen molar-refractivity contribution >= 4 is 17.4 Å². The van der Waals surface area contributed by atoms with E-state index in [0.29, 0.717) is 11.6 Å². The highest BCUT2D eigenvalue weighted by Crippen LogP contribution is 2.26. The van der Waals surface area contributed by atoms with Crippen molar-refractivity contribution in [2.24, 2.45) is 10.9 Å². The average Bonchev–Trinajstić information content (AvgIpc) is 2.98. The molecule has 1 fully saturated rings. The summed E-state index contributed by atoms with van der Waals surface area (Å²) in [6.07, 6.45) is 1.95. The van der Waals surface area contributed by atoms with Gasteiger partial charge in [0.15, 0.2) is 5.84 Å². The summed E-state index contributed by atoms with van der Waals surface area (Å²) in [4.78, 5) is 2.18. The van der Waals surface area contributed by atoms with E-state index in [1.54, 1.807) is 0 Å². The van der Waals surface area contributed by atoms with Crippen molar-refractivity contribution in [2.75, 3.05) is 6.54 Å². The third-order valence-corrected chi connectivity index (χ3v) is 4.12. The molecule has 0 spiro atoms. The molecule has 0 bridgehead atoms. The van der Waals surface area contributed by atoms with E-state index in [9.17, 15) is 0 Å². The third kappa shape index (κ3) is 2.69. The standard InChI is InChI=1S/C12H20ClN5O/c1-3-18-10(11(13)8(2)15-18)7-17-6-4-5-9(17)12(14)16-19/h9,19H,3-7H2,1-2H3,(H2,14,16). The smallest absolute Gasteiger partial charge is 0.156 e. The molecule has 1 atom stereocenters. The lowest BCUT2D eigenvalue weighted by Gasteiger charge is -2.23. The van der Waals surface area contributed by atoms with Gasteiger partial charge in [-0.05, 0) is 33.2 Å². The molecule has 1 aliphatic heterocycles. The Morgan fingerprint density at radius 3 is 3.00 bits per heavy atom. The molecule has 7 heteroatoms. The molecule has 3 N–H and O–H groups in total. The quantitative estimate of drug-likeness (QED) is 0.381. The van der Waals surface area contributed by atoms with Gasteiger partial charge in [0.1, 0.15) is 0 Å². The van der Waals surface area contributed by atoms with Crippen LogP contribution in [0.1, 0.15) is 31.2 Å². The number of amidine groups is 1. The molecule has 1 aliphatic rings. The number of aryl methyl sites for hydroxylation is 2. The molecular weight excluding hydrogens is 266 g/mol. The SMILES string of the molecule is CCn1nc(C)c(Cl)c1CN1CCCC1C(N)=NO. The molecule has 0 radical (unpaired) electrons. The van der Waals surface area contributed by atoms with E-state index in [4.69, 9.17) is 22.5 Å². The highest BCUT2D eigenvalue weighted by molar-refractivity contribution is 6.31. The summed E-state index contributed by atoms with van der Waals surface area (Å²) >= 11 is 6.31. The molecule has 0 saturated carbocycles. The van der Waals surface area contributed by atoms with Gasteiger partial charge >= 0.3 is 0 Å². The van der Waals surface area contributed by atoms with Gasteiger partial charge in [-0.1, -0.05) is 16.8 Å². The maximum absolute atomic E-state index is 8.83. The van der Waals surface area contributed by atoms with Crippen LogP contribution in [0.3, 0.4) is 0 Å². The molecule has 2 heterocycles. The summed E-state index contributed by atoms with van der Waals surface area (Å²) in [6.45, 7) is 6.32. The molecule has 0 aliphatic carbocycles. The van der Waals surface area contributed by atoms with Crippen molar-refractivity contribution in [3.63, 3.8) is 0 Å². The highest BCUT2D eigenvalue weighted by Gasteiger charge is 2.29. The lowest BCUT2D eigenvalue weighted by Crippen LogP contribution is -2.40. The van der Waals surface area contributed by atoms with Gasteiger partial charge in [0.05, 0.1) is 22.5 Å². The number of halogens is 1. The first-order chi connectivity index (χ1) is 9.08. The monoisotopic (exact) mass is 285 g/mol. The number of hydrogen-bond donors (Lipinski definition) is 2. The second-order valence-corrected chi connectivity index (χ2v) is 5.19. The van der Waals surface area contributed by atoms with E-state index in [-0.39, 0.29) is 11.9 Å². The molecule has 1 unspecified atom stereocenters. The molecule has 1 saturated heterocycles. The number of aromatic nitrogens is 2. The van der Waals surface area contributed by atoms with Crippen LogP contribution in [0.2, 0.25) is 5.02 Å². The van der Waals surface area contributed by atoms with Crippen molar-refractivity contribution in [1.82, 2.24) is 14.7 Å². The molecule has 6 nitrogen and oxygen atoms in total. The van der Waals surface area contributed by atoms with Crippen LogP contribution < -0.4 is 5.73 Å². The molecule has 2 rings (SSSR count). The van der Waals surface area contributed by atoms with Gasteiger partial charge in [0.2, 0.25) is 0 Å². The summed E-state index contributed by atoms with van der Waals surface area (Å²) in [5, 5.41) is 17.1. The van der Waals surface area contributed by atoms with Crippen LogP contribution in [0.4, 0.5) is 0 Å². The summed E-state index contributed by atoms with van der Waals surface area (Å²) in [7, 11) is 0. The van der Waals surface area contributed by atoms with Crippen molar-refractivity contribution in [3.8, 4) is 0 Å². The van der Waals surface area contributed by atoms with Gasteiger partial charge in [-0.25, -0.2) is 0 Å². The Balaban J connectivity index is 2.21. The van der Waals surface area contributed by atoms with Crippen molar-refractivity contribution in [1.29, 1.82) is 0 Å². The zero-order chi connectivity index (χ0) is 14.0. The fraction of sp³-hybridized carbons (Fsp3) is 0.667. The lowest BCUT2D eigenvalue weighted by atomic mass is 10.2. The predicted molar refractivity (Wildman–Crippen MR) is 74.5 cm³/mol. The zero-order valence-corrected chi connectivity index (χ0v) is 12.1. The Morgan fingerprint density at radius 2 is 2.37 bits per heavy atom. The topological polar surface area (TPSA) is 79.7 Å². The molecule has 0 amide bonds.